The van der Waals surface area contributed by atoms with E-state index in [-0.39, 0.29) is 18.1 Å². The Hall–Kier alpha value is -2.50. The molecule has 0 saturated heterocycles. The molecule has 2 aromatic rings. The number of nitrogens with zero attached hydrogens (tertiary/aromatic N) is 3. The molecule has 0 radical (unpaired) electrons. The third-order valence-corrected chi connectivity index (χ3v) is 2.98. The molecule has 6 nitrogen and oxygen atoms in total. The summed E-state index contributed by atoms with van der Waals surface area (Å²) in [5.41, 5.74) is 1.56. The Morgan fingerprint density at radius 1 is 1.30 bits per heavy atom. The molecule has 1 amide bonds. The van der Waals surface area contributed by atoms with Crippen molar-refractivity contribution in [2.75, 3.05) is 13.6 Å². The molecule has 1 heterocycles. The Labute approximate surface area is 116 Å². The number of benzene rings is 1. The van der Waals surface area contributed by atoms with Gasteiger partial charge >= 0.3 is 5.97 Å². The predicted molar refractivity (Wildman–Crippen MR) is 73.3 cm³/mol. The van der Waals surface area contributed by atoms with Gasteiger partial charge in [-0.2, -0.15) is 0 Å². The molecule has 0 aliphatic heterocycles. The molecule has 0 aliphatic rings. The zero-order chi connectivity index (χ0) is 14.7. The van der Waals surface area contributed by atoms with Gasteiger partial charge in [-0.15, -0.1) is 0 Å². The molecule has 6 heteroatoms. The average Bonchev–Trinajstić information content (AvgIpc) is 2.45. The zero-order valence-electron chi connectivity index (χ0n) is 11.3. The van der Waals surface area contributed by atoms with Gasteiger partial charge in [-0.25, -0.2) is 4.98 Å². The van der Waals surface area contributed by atoms with E-state index >= 15 is 0 Å². The largest absolute Gasteiger partial charge is 0.481 e. The van der Waals surface area contributed by atoms with Crippen LogP contribution in [0.25, 0.3) is 11.0 Å². The number of aromatic nitrogens is 2. The first-order valence-corrected chi connectivity index (χ1v) is 6.19. The highest BCUT2D eigenvalue weighted by Gasteiger charge is 2.19. The molecule has 1 unspecified atom stereocenters. The fourth-order valence-corrected chi connectivity index (χ4v) is 1.83. The number of aliphatic carboxylic acids is 1. The van der Waals surface area contributed by atoms with Crippen LogP contribution in [0.3, 0.4) is 0 Å². The number of carboxylic acid groups (broad SMARTS) is 1. The second kappa shape index (κ2) is 5.64. The SMILES string of the molecule is CC(CN(C)C(=O)c1cnc2ccccc2n1)C(=O)O. The minimum absolute atomic E-state index is 0.128. The number of carboxylic acids is 1. The van der Waals surface area contributed by atoms with E-state index in [4.69, 9.17) is 5.11 Å². The highest BCUT2D eigenvalue weighted by atomic mass is 16.4. The van der Waals surface area contributed by atoms with Crippen LogP contribution in [0.15, 0.2) is 30.5 Å². The van der Waals surface area contributed by atoms with Crippen LogP contribution >= 0.6 is 0 Å². The molecule has 1 N–H and O–H groups in total. The normalized spacial score (nSPS) is 12.1. The van der Waals surface area contributed by atoms with Crippen molar-refractivity contribution in [3.05, 3.63) is 36.2 Å². The lowest BCUT2D eigenvalue weighted by molar-refractivity contribution is -0.141. The van der Waals surface area contributed by atoms with Gasteiger partial charge in [0.1, 0.15) is 5.69 Å². The number of carbonyl (C=O) groups is 2. The van der Waals surface area contributed by atoms with Crippen molar-refractivity contribution in [3.63, 3.8) is 0 Å². The molecule has 1 aromatic carbocycles. The van der Waals surface area contributed by atoms with Crippen LogP contribution < -0.4 is 0 Å². The van der Waals surface area contributed by atoms with Crippen molar-refractivity contribution in [1.29, 1.82) is 0 Å². The molecule has 0 fully saturated rings. The van der Waals surface area contributed by atoms with Crippen LogP contribution in [0, 0.1) is 5.92 Å². The van der Waals surface area contributed by atoms with Crippen molar-refractivity contribution in [3.8, 4) is 0 Å². The summed E-state index contributed by atoms with van der Waals surface area (Å²) >= 11 is 0. The number of amides is 1. The van der Waals surface area contributed by atoms with Gasteiger partial charge in [0.25, 0.3) is 5.91 Å². The van der Waals surface area contributed by atoms with Crippen LogP contribution in [0.4, 0.5) is 0 Å². The second-order valence-electron chi connectivity index (χ2n) is 4.67. The smallest absolute Gasteiger partial charge is 0.308 e. The van der Waals surface area contributed by atoms with Crippen molar-refractivity contribution in [2.24, 2.45) is 5.92 Å². The Balaban J connectivity index is 2.20. The van der Waals surface area contributed by atoms with Gasteiger partial charge in [0, 0.05) is 13.6 Å². The van der Waals surface area contributed by atoms with E-state index < -0.39 is 11.9 Å². The van der Waals surface area contributed by atoms with Crippen molar-refractivity contribution in [2.45, 2.75) is 6.92 Å². The maximum atomic E-state index is 12.2. The molecule has 0 spiro atoms. The molecule has 1 aromatic heterocycles. The fourth-order valence-electron chi connectivity index (χ4n) is 1.83. The molecule has 0 saturated carbocycles. The average molecular weight is 273 g/mol. The Morgan fingerprint density at radius 2 is 1.95 bits per heavy atom. The molecule has 2 rings (SSSR count). The maximum Gasteiger partial charge on any atom is 0.308 e. The Morgan fingerprint density at radius 3 is 2.60 bits per heavy atom. The van der Waals surface area contributed by atoms with Gasteiger partial charge in [0.05, 0.1) is 23.1 Å². The lowest BCUT2D eigenvalue weighted by atomic mass is 10.1. The lowest BCUT2D eigenvalue weighted by Gasteiger charge is -2.18. The van der Waals surface area contributed by atoms with E-state index in [9.17, 15) is 9.59 Å². The van der Waals surface area contributed by atoms with Gasteiger partial charge in [-0.3, -0.25) is 14.6 Å². The second-order valence-corrected chi connectivity index (χ2v) is 4.67. The van der Waals surface area contributed by atoms with Crippen molar-refractivity contribution < 1.29 is 14.7 Å². The summed E-state index contributed by atoms with van der Waals surface area (Å²) in [7, 11) is 1.55. The van der Waals surface area contributed by atoms with E-state index in [2.05, 4.69) is 9.97 Å². The third-order valence-electron chi connectivity index (χ3n) is 2.98. The molecule has 1 atom stereocenters. The number of rotatable bonds is 4. The molecule has 104 valence electrons. The first kappa shape index (κ1) is 13.9. The van der Waals surface area contributed by atoms with E-state index in [1.165, 1.54) is 11.1 Å². The topological polar surface area (TPSA) is 83.4 Å². The summed E-state index contributed by atoms with van der Waals surface area (Å²) in [6.07, 6.45) is 1.41. The monoisotopic (exact) mass is 273 g/mol. The summed E-state index contributed by atoms with van der Waals surface area (Å²) in [6.45, 7) is 1.68. The highest BCUT2D eigenvalue weighted by Crippen LogP contribution is 2.10. The zero-order valence-corrected chi connectivity index (χ0v) is 11.3. The first-order chi connectivity index (χ1) is 9.49. The number of hydrogen-bond donors (Lipinski definition) is 1. The summed E-state index contributed by atoms with van der Waals surface area (Å²) in [4.78, 5) is 32.7. The maximum absolute atomic E-state index is 12.2. The third kappa shape index (κ3) is 2.90. The Bertz CT molecular complexity index is 657. The molecule has 0 aliphatic carbocycles. The van der Waals surface area contributed by atoms with Crippen LogP contribution in [-0.2, 0) is 4.79 Å². The van der Waals surface area contributed by atoms with E-state index in [0.717, 1.165) is 0 Å². The highest BCUT2D eigenvalue weighted by molar-refractivity contribution is 5.93. The number of fused-ring (bicyclic) bond motifs is 1. The number of carbonyl (C=O) groups excluding carboxylic acids is 1. The van der Waals surface area contributed by atoms with Crippen LogP contribution in [0.1, 0.15) is 17.4 Å². The molecule has 20 heavy (non-hydrogen) atoms. The van der Waals surface area contributed by atoms with Crippen molar-refractivity contribution in [1.82, 2.24) is 14.9 Å². The van der Waals surface area contributed by atoms with Crippen molar-refractivity contribution >= 4 is 22.9 Å². The quantitative estimate of drug-likeness (QED) is 0.910. The standard InChI is InChI=1S/C14H15N3O3/c1-9(14(19)20)8-17(2)13(18)12-7-15-10-5-3-4-6-11(10)16-12/h3-7,9H,8H2,1-2H3,(H,19,20). The summed E-state index contributed by atoms with van der Waals surface area (Å²) in [6, 6.07) is 7.26. The first-order valence-electron chi connectivity index (χ1n) is 6.19. The Kier molecular flexibility index (Phi) is 3.93. The van der Waals surface area contributed by atoms with E-state index in [1.54, 1.807) is 20.0 Å². The van der Waals surface area contributed by atoms with Crippen LogP contribution in [0.2, 0.25) is 0 Å². The van der Waals surface area contributed by atoms with Gasteiger partial charge < -0.3 is 10.0 Å². The minimum Gasteiger partial charge on any atom is -0.481 e. The van der Waals surface area contributed by atoms with E-state index in [0.29, 0.717) is 11.0 Å². The fraction of sp³-hybridized carbons (Fsp3) is 0.286. The predicted octanol–water partition coefficient (Wildman–Crippen LogP) is 1.42. The van der Waals surface area contributed by atoms with Gasteiger partial charge in [0.15, 0.2) is 0 Å². The summed E-state index contributed by atoms with van der Waals surface area (Å²) < 4.78 is 0. The lowest BCUT2D eigenvalue weighted by Crippen LogP contribution is -2.34. The summed E-state index contributed by atoms with van der Waals surface area (Å²) in [5.74, 6) is -1.90. The molecule has 0 bridgehead atoms. The number of hydrogen-bond acceptors (Lipinski definition) is 4. The van der Waals surface area contributed by atoms with Crippen LogP contribution in [0.5, 0.6) is 0 Å². The molecular weight excluding hydrogens is 258 g/mol. The molecular formula is C14H15N3O3. The minimum atomic E-state index is -0.936. The van der Waals surface area contributed by atoms with Gasteiger partial charge in [-0.1, -0.05) is 19.1 Å². The van der Waals surface area contributed by atoms with E-state index in [1.807, 2.05) is 18.2 Å². The summed E-state index contributed by atoms with van der Waals surface area (Å²) in [5, 5.41) is 8.86. The number of para-hydroxylation sites is 2. The van der Waals surface area contributed by atoms with Gasteiger partial charge in [0.2, 0.25) is 0 Å². The van der Waals surface area contributed by atoms with Gasteiger partial charge in [-0.05, 0) is 12.1 Å². The van der Waals surface area contributed by atoms with Crippen LogP contribution in [-0.4, -0.2) is 45.4 Å².